The Kier molecular flexibility index (Phi) is 3.49. The maximum absolute atomic E-state index is 13.4. The second-order valence-electron chi connectivity index (χ2n) is 6.14. The fraction of sp³-hybridized carbons (Fsp3) is 0.0500. The van der Waals surface area contributed by atoms with Gasteiger partial charge in [-0.3, -0.25) is 0 Å². The molecule has 0 saturated carbocycles. The molecule has 26 heavy (non-hydrogen) atoms. The molecule has 4 rings (SSSR count). The molecule has 1 aromatic heterocycles. The van der Waals surface area contributed by atoms with Crippen LogP contribution >= 0.6 is 0 Å². The van der Waals surface area contributed by atoms with Crippen LogP contribution in [0.15, 0.2) is 65.6 Å². The van der Waals surface area contributed by atoms with E-state index in [0.717, 1.165) is 5.56 Å². The summed E-state index contributed by atoms with van der Waals surface area (Å²) in [5.74, 6) is 0. The number of nitrogen functional groups attached to an aromatic ring is 1. The molecular weight excluding hydrogens is 346 g/mol. The Balaban J connectivity index is 2.23. The van der Waals surface area contributed by atoms with Crippen LogP contribution in [-0.4, -0.2) is 12.4 Å². The topological polar surface area (TPSA) is 88.9 Å². The van der Waals surface area contributed by atoms with Gasteiger partial charge in [0.25, 0.3) is 10.0 Å². The number of fused-ring (bicyclic) bond motifs is 3. The van der Waals surface area contributed by atoms with Crippen molar-refractivity contribution in [3.63, 3.8) is 0 Å². The van der Waals surface area contributed by atoms with Gasteiger partial charge in [-0.15, -0.1) is 0 Å². The predicted octanol–water partition coefficient (Wildman–Crippen LogP) is 3.79. The highest BCUT2D eigenvalue weighted by atomic mass is 32.2. The second-order valence-corrected chi connectivity index (χ2v) is 7.92. The smallest absolute Gasteiger partial charge is 0.268 e. The van der Waals surface area contributed by atoms with Gasteiger partial charge in [0.05, 0.1) is 21.5 Å². The zero-order valence-electron chi connectivity index (χ0n) is 14.0. The number of hydrogen-bond donors (Lipinski definition) is 1. The van der Waals surface area contributed by atoms with Gasteiger partial charge in [-0.25, -0.2) is 12.4 Å². The Morgan fingerprint density at radius 1 is 1.00 bits per heavy atom. The zero-order chi connectivity index (χ0) is 18.5. The monoisotopic (exact) mass is 361 g/mol. The highest BCUT2D eigenvalue weighted by molar-refractivity contribution is 7.90. The average molecular weight is 361 g/mol. The first-order valence-electron chi connectivity index (χ1n) is 7.99. The Morgan fingerprint density at radius 3 is 2.38 bits per heavy atom. The maximum Gasteiger partial charge on any atom is 0.268 e. The van der Waals surface area contributed by atoms with Gasteiger partial charge in [-0.1, -0.05) is 35.9 Å². The number of nitrogens with two attached hydrogens (primary N) is 1. The van der Waals surface area contributed by atoms with E-state index in [1.165, 1.54) is 3.97 Å². The molecule has 0 aliphatic rings. The fourth-order valence-electron chi connectivity index (χ4n) is 3.24. The molecule has 5 nitrogen and oxygen atoms in total. The Bertz CT molecular complexity index is 1310. The van der Waals surface area contributed by atoms with E-state index in [0.29, 0.717) is 27.5 Å². The van der Waals surface area contributed by atoms with Crippen molar-refractivity contribution in [1.29, 1.82) is 5.26 Å². The molecule has 3 aromatic carbocycles. The minimum Gasteiger partial charge on any atom is -0.398 e. The summed E-state index contributed by atoms with van der Waals surface area (Å²) in [7, 11) is -3.90. The van der Waals surface area contributed by atoms with E-state index in [9.17, 15) is 13.7 Å². The molecule has 0 atom stereocenters. The maximum atomic E-state index is 13.4. The van der Waals surface area contributed by atoms with Crippen molar-refractivity contribution in [2.45, 2.75) is 11.8 Å². The van der Waals surface area contributed by atoms with Crippen LogP contribution in [0.25, 0.3) is 21.8 Å². The zero-order valence-corrected chi connectivity index (χ0v) is 14.8. The molecule has 0 spiro atoms. The third-order valence-electron chi connectivity index (χ3n) is 4.49. The summed E-state index contributed by atoms with van der Waals surface area (Å²) in [5, 5.41) is 10.8. The third-order valence-corrected chi connectivity index (χ3v) is 6.21. The molecule has 0 unspecified atom stereocenters. The predicted molar refractivity (Wildman–Crippen MR) is 102 cm³/mol. The summed E-state index contributed by atoms with van der Waals surface area (Å²) in [6, 6.07) is 19.1. The number of aromatic nitrogens is 1. The molecular formula is C20H15N3O2S. The van der Waals surface area contributed by atoms with Crippen LogP contribution in [0.5, 0.6) is 0 Å². The molecule has 6 heteroatoms. The molecule has 0 saturated heterocycles. The standard InChI is InChI=1S/C20H15N3O2S/c1-13-6-9-15(10-7-13)26(24,25)23-18-5-3-2-4-16(18)19-17(22)11-8-14(12-21)20(19)23/h2-11H,22H2,1H3. The summed E-state index contributed by atoms with van der Waals surface area (Å²) in [5.41, 5.74) is 8.62. The van der Waals surface area contributed by atoms with Gasteiger partial charge in [0, 0.05) is 16.5 Å². The molecule has 128 valence electrons. The van der Waals surface area contributed by atoms with Gasteiger partial charge in [0.1, 0.15) is 6.07 Å². The van der Waals surface area contributed by atoms with Crippen molar-refractivity contribution in [1.82, 2.24) is 3.97 Å². The summed E-state index contributed by atoms with van der Waals surface area (Å²) in [6.45, 7) is 1.89. The van der Waals surface area contributed by atoms with Crippen LogP contribution in [-0.2, 0) is 10.0 Å². The summed E-state index contributed by atoms with van der Waals surface area (Å²) in [4.78, 5) is 0.164. The number of aryl methyl sites for hydroxylation is 1. The van der Waals surface area contributed by atoms with Crippen molar-refractivity contribution in [3.8, 4) is 6.07 Å². The molecule has 0 radical (unpaired) electrons. The quantitative estimate of drug-likeness (QED) is 0.550. The molecule has 0 bridgehead atoms. The van der Waals surface area contributed by atoms with Gasteiger partial charge in [0.15, 0.2) is 0 Å². The van der Waals surface area contributed by atoms with Crippen LogP contribution < -0.4 is 5.73 Å². The van der Waals surface area contributed by atoms with Crippen molar-refractivity contribution in [2.75, 3.05) is 5.73 Å². The Labute approximate surface area is 150 Å². The number of hydrogen-bond acceptors (Lipinski definition) is 4. The molecule has 1 heterocycles. The van der Waals surface area contributed by atoms with Gasteiger partial charge in [-0.2, -0.15) is 5.26 Å². The lowest BCUT2D eigenvalue weighted by Crippen LogP contribution is -2.13. The minimum absolute atomic E-state index is 0.164. The normalized spacial score (nSPS) is 11.7. The number of nitriles is 1. The van der Waals surface area contributed by atoms with E-state index >= 15 is 0 Å². The SMILES string of the molecule is Cc1ccc(S(=O)(=O)n2c3ccccc3c3c(N)ccc(C#N)c32)cc1. The highest BCUT2D eigenvalue weighted by Gasteiger charge is 2.25. The number of anilines is 1. The number of benzene rings is 3. The molecule has 0 aliphatic heterocycles. The number of nitrogens with zero attached hydrogens (tertiary/aromatic N) is 2. The van der Waals surface area contributed by atoms with Crippen molar-refractivity contribution < 1.29 is 8.42 Å². The van der Waals surface area contributed by atoms with E-state index in [1.54, 1.807) is 48.5 Å². The molecule has 0 amide bonds. The first-order valence-corrected chi connectivity index (χ1v) is 9.43. The van der Waals surface area contributed by atoms with Crippen LogP contribution in [0.4, 0.5) is 5.69 Å². The Hall–Kier alpha value is -3.30. The summed E-state index contributed by atoms with van der Waals surface area (Å²) < 4.78 is 28.1. The van der Waals surface area contributed by atoms with Crippen molar-refractivity contribution >= 4 is 37.5 Å². The van der Waals surface area contributed by atoms with Gasteiger partial charge in [0.2, 0.25) is 0 Å². The lowest BCUT2D eigenvalue weighted by molar-refractivity contribution is 0.590. The van der Waals surface area contributed by atoms with Gasteiger partial charge in [-0.05, 0) is 37.3 Å². The van der Waals surface area contributed by atoms with Crippen LogP contribution in [0.2, 0.25) is 0 Å². The fourth-order valence-corrected chi connectivity index (χ4v) is 4.78. The average Bonchev–Trinajstić information content (AvgIpc) is 2.99. The van der Waals surface area contributed by atoms with Gasteiger partial charge >= 0.3 is 0 Å². The second kappa shape index (κ2) is 5.61. The summed E-state index contributed by atoms with van der Waals surface area (Å²) in [6.07, 6.45) is 0. The van der Waals surface area contributed by atoms with Gasteiger partial charge < -0.3 is 5.73 Å². The van der Waals surface area contributed by atoms with Crippen LogP contribution in [0.3, 0.4) is 0 Å². The first-order chi connectivity index (χ1) is 12.4. The number of para-hydroxylation sites is 1. The van der Waals surface area contributed by atoms with Crippen LogP contribution in [0, 0.1) is 18.3 Å². The van der Waals surface area contributed by atoms with Crippen molar-refractivity contribution in [2.24, 2.45) is 0 Å². The van der Waals surface area contributed by atoms with E-state index < -0.39 is 10.0 Å². The number of rotatable bonds is 2. The third kappa shape index (κ3) is 2.18. The molecule has 0 fully saturated rings. The van der Waals surface area contributed by atoms with Crippen LogP contribution in [0.1, 0.15) is 11.1 Å². The van der Waals surface area contributed by atoms with Crippen molar-refractivity contribution in [3.05, 3.63) is 71.8 Å². The lowest BCUT2D eigenvalue weighted by atomic mass is 10.1. The highest BCUT2D eigenvalue weighted by Crippen LogP contribution is 2.37. The lowest BCUT2D eigenvalue weighted by Gasteiger charge is -2.10. The molecule has 4 aromatic rings. The Morgan fingerprint density at radius 2 is 1.69 bits per heavy atom. The molecule has 0 aliphatic carbocycles. The van der Waals surface area contributed by atoms with E-state index in [4.69, 9.17) is 5.73 Å². The summed E-state index contributed by atoms with van der Waals surface area (Å²) >= 11 is 0. The molecule has 2 N–H and O–H groups in total. The van der Waals surface area contributed by atoms with E-state index in [1.807, 2.05) is 19.1 Å². The minimum atomic E-state index is -3.90. The van der Waals surface area contributed by atoms with E-state index in [2.05, 4.69) is 6.07 Å². The first kappa shape index (κ1) is 16.2. The van der Waals surface area contributed by atoms with E-state index in [-0.39, 0.29) is 10.5 Å². The largest absolute Gasteiger partial charge is 0.398 e.